The second-order valence-corrected chi connectivity index (χ2v) is 8.18. The molecule has 9 heteroatoms. The summed E-state index contributed by atoms with van der Waals surface area (Å²) < 4.78 is 26.7. The van der Waals surface area contributed by atoms with Gasteiger partial charge in [-0.15, -0.1) is 0 Å². The Morgan fingerprint density at radius 2 is 1.83 bits per heavy atom. The van der Waals surface area contributed by atoms with Crippen molar-refractivity contribution in [3.8, 4) is 0 Å². The molecule has 1 atom stereocenters. The molecule has 7 nitrogen and oxygen atoms in total. The fourth-order valence-corrected chi connectivity index (χ4v) is 4.90. The molecule has 130 valence electrons. The van der Waals surface area contributed by atoms with Crippen molar-refractivity contribution < 1.29 is 18.0 Å². The molecule has 1 aromatic carbocycles. The molecule has 1 aromatic rings. The lowest BCUT2D eigenvalue weighted by Gasteiger charge is -2.35. The van der Waals surface area contributed by atoms with E-state index in [0.29, 0.717) is 19.6 Å². The highest BCUT2D eigenvalue weighted by molar-refractivity contribution is 7.89. The highest BCUT2D eigenvalue weighted by Gasteiger charge is 2.35. The van der Waals surface area contributed by atoms with Crippen LogP contribution in [0.4, 0.5) is 0 Å². The number of nitrogens with zero attached hydrogens (tertiary/aromatic N) is 2. The van der Waals surface area contributed by atoms with Crippen LogP contribution in [-0.4, -0.2) is 62.2 Å². The van der Waals surface area contributed by atoms with Gasteiger partial charge in [0.1, 0.15) is 4.90 Å². The lowest BCUT2D eigenvalue weighted by atomic mass is 10.1. The zero-order valence-electron chi connectivity index (χ0n) is 12.9. The van der Waals surface area contributed by atoms with Crippen molar-refractivity contribution in [2.75, 3.05) is 32.7 Å². The Morgan fingerprint density at radius 1 is 1.17 bits per heavy atom. The van der Waals surface area contributed by atoms with Crippen molar-refractivity contribution in [1.29, 1.82) is 0 Å². The topological polar surface area (TPSA) is 86.8 Å². The van der Waals surface area contributed by atoms with Crippen molar-refractivity contribution >= 4 is 33.4 Å². The molecule has 2 fully saturated rings. The van der Waals surface area contributed by atoms with Crippen molar-refractivity contribution in [3.63, 3.8) is 0 Å². The molecule has 0 aliphatic carbocycles. The first-order chi connectivity index (χ1) is 11.4. The van der Waals surface area contributed by atoms with Gasteiger partial charge in [-0.2, -0.15) is 4.31 Å². The molecular formula is C15H18ClN3O4S. The van der Waals surface area contributed by atoms with Crippen molar-refractivity contribution in [1.82, 2.24) is 14.5 Å². The molecule has 0 bridgehead atoms. The van der Waals surface area contributed by atoms with Gasteiger partial charge in [0.05, 0.1) is 10.9 Å². The summed E-state index contributed by atoms with van der Waals surface area (Å²) in [6.07, 6.45) is 0.205. The van der Waals surface area contributed by atoms with Crippen molar-refractivity contribution in [3.05, 3.63) is 29.3 Å². The van der Waals surface area contributed by atoms with Gasteiger partial charge in [-0.3, -0.25) is 9.59 Å². The highest BCUT2D eigenvalue weighted by Crippen LogP contribution is 2.25. The Hall–Kier alpha value is -1.64. The SMILES string of the molecule is O=C1CC(C(=O)N2CCN(S(=O)(=O)c3ccccc3Cl)CC2)CN1. The van der Waals surface area contributed by atoms with E-state index in [9.17, 15) is 18.0 Å². The Labute approximate surface area is 145 Å². The summed E-state index contributed by atoms with van der Waals surface area (Å²) in [5.41, 5.74) is 0. The molecule has 0 saturated carbocycles. The van der Waals surface area contributed by atoms with E-state index in [0.717, 1.165) is 0 Å². The summed E-state index contributed by atoms with van der Waals surface area (Å²) >= 11 is 6.00. The lowest BCUT2D eigenvalue weighted by Crippen LogP contribution is -2.52. The molecule has 1 unspecified atom stereocenters. The number of nitrogens with one attached hydrogen (secondary N) is 1. The van der Waals surface area contributed by atoms with Crippen LogP contribution in [0.5, 0.6) is 0 Å². The van der Waals surface area contributed by atoms with Gasteiger partial charge in [0, 0.05) is 39.1 Å². The molecule has 0 spiro atoms. The van der Waals surface area contributed by atoms with Crippen LogP contribution >= 0.6 is 11.6 Å². The largest absolute Gasteiger partial charge is 0.355 e. The minimum atomic E-state index is -3.67. The average Bonchev–Trinajstić information content (AvgIpc) is 3.01. The van der Waals surface area contributed by atoms with Crippen LogP contribution in [0.1, 0.15) is 6.42 Å². The van der Waals surface area contributed by atoms with Crippen LogP contribution in [0, 0.1) is 5.92 Å². The summed E-state index contributed by atoms with van der Waals surface area (Å²) in [6.45, 7) is 1.41. The van der Waals surface area contributed by atoms with E-state index in [1.54, 1.807) is 17.0 Å². The van der Waals surface area contributed by atoms with Gasteiger partial charge in [0.2, 0.25) is 21.8 Å². The summed E-state index contributed by atoms with van der Waals surface area (Å²) in [5, 5.41) is 2.83. The third-order valence-electron chi connectivity index (χ3n) is 4.33. The maximum atomic E-state index is 12.7. The average molecular weight is 372 g/mol. The summed E-state index contributed by atoms with van der Waals surface area (Å²) in [5.74, 6) is -0.555. The van der Waals surface area contributed by atoms with Crippen LogP contribution in [0.15, 0.2) is 29.2 Å². The lowest BCUT2D eigenvalue weighted by molar-refractivity contribution is -0.136. The number of hydrogen-bond donors (Lipinski definition) is 1. The van der Waals surface area contributed by atoms with E-state index in [1.807, 2.05) is 0 Å². The van der Waals surface area contributed by atoms with Crippen LogP contribution in [0.3, 0.4) is 0 Å². The molecule has 2 aliphatic heterocycles. The fourth-order valence-electron chi connectivity index (χ4n) is 2.98. The minimum absolute atomic E-state index is 0.0806. The number of carbonyl (C=O) groups is 2. The predicted octanol–water partition coefficient (Wildman–Crippen LogP) is 0.309. The second-order valence-electron chi connectivity index (χ2n) is 5.86. The van der Waals surface area contributed by atoms with Gasteiger partial charge in [0.25, 0.3) is 0 Å². The minimum Gasteiger partial charge on any atom is -0.355 e. The number of sulfonamides is 1. The molecule has 2 aliphatic rings. The predicted molar refractivity (Wildman–Crippen MR) is 87.9 cm³/mol. The molecule has 2 amide bonds. The van der Waals surface area contributed by atoms with Crippen molar-refractivity contribution in [2.24, 2.45) is 5.92 Å². The molecule has 24 heavy (non-hydrogen) atoms. The van der Waals surface area contributed by atoms with Gasteiger partial charge in [0.15, 0.2) is 0 Å². The summed E-state index contributed by atoms with van der Waals surface area (Å²) in [7, 11) is -3.67. The van der Waals surface area contributed by atoms with Crippen LogP contribution in [-0.2, 0) is 19.6 Å². The standard InChI is InChI=1S/C15H18ClN3O4S/c16-12-3-1-2-4-13(12)24(22,23)19-7-5-18(6-8-19)15(21)11-9-14(20)17-10-11/h1-4,11H,5-10H2,(H,17,20). The number of carbonyl (C=O) groups excluding carboxylic acids is 2. The van der Waals surface area contributed by atoms with E-state index in [2.05, 4.69) is 5.32 Å². The van der Waals surface area contributed by atoms with Gasteiger partial charge in [-0.25, -0.2) is 8.42 Å². The molecule has 1 N–H and O–H groups in total. The molecular weight excluding hydrogens is 354 g/mol. The van der Waals surface area contributed by atoms with Crippen LogP contribution in [0.2, 0.25) is 5.02 Å². The van der Waals surface area contributed by atoms with Gasteiger partial charge >= 0.3 is 0 Å². The first-order valence-corrected chi connectivity index (χ1v) is 9.51. The first-order valence-electron chi connectivity index (χ1n) is 7.70. The zero-order valence-corrected chi connectivity index (χ0v) is 14.5. The number of hydrogen-bond acceptors (Lipinski definition) is 4. The Morgan fingerprint density at radius 3 is 2.42 bits per heavy atom. The Kier molecular flexibility index (Phi) is 4.80. The number of rotatable bonds is 3. The van der Waals surface area contributed by atoms with Crippen LogP contribution < -0.4 is 5.32 Å². The van der Waals surface area contributed by atoms with E-state index in [1.165, 1.54) is 16.4 Å². The first kappa shape index (κ1) is 17.2. The number of halogens is 1. The van der Waals surface area contributed by atoms with Gasteiger partial charge in [-0.05, 0) is 12.1 Å². The fraction of sp³-hybridized carbons (Fsp3) is 0.467. The summed E-state index contributed by atoms with van der Waals surface area (Å²) in [4.78, 5) is 25.3. The number of benzene rings is 1. The molecule has 2 saturated heterocycles. The smallest absolute Gasteiger partial charge is 0.244 e. The Balaban J connectivity index is 1.66. The Bertz CT molecular complexity index is 760. The van der Waals surface area contributed by atoms with E-state index >= 15 is 0 Å². The maximum absolute atomic E-state index is 12.7. The maximum Gasteiger partial charge on any atom is 0.244 e. The van der Waals surface area contributed by atoms with Gasteiger partial charge in [-0.1, -0.05) is 23.7 Å². The van der Waals surface area contributed by atoms with Crippen molar-refractivity contribution in [2.45, 2.75) is 11.3 Å². The number of amides is 2. The molecule has 0 aromatic heterocycles. The van der Waals surface area contributed by atoms with Gasteiger partial charge < -0.3 is 10.2 Å². The molecule has 0 radical (unpaired) electrons. The van der Waals surface area contributed by atoms with Crippen LogP contribution in [0.25, 0.3) is 0 Å². The highest BCUT2D eigenvalue weighted by atomic mass is 35.5. The molecule has 2 heterocycles. The van der Waals surface area contributed by atoms with E-state index < -0.39 is 10.0 Å². The van der Waals surface area contributed by atoms with E-state index in [-0.39, 0.29) is 47.2 Å². The summed E-state index contributed by atoms with van der Waals surface area (Å²) in [6, 6.07) is 6.32. The molecule has 3 rings (SSSR count). The third-order valence-corrected chi connectivity index (χ3v) is 6.73. The normalized spacial score (nSPS) is 22.5. The quantitative estimate of drug-likeness (QED) is 0.828. The second kappa shape index (κ2) is 6.70. The third kappa shape index (κ3) is 3.26. The number of piperazine rings is 1. The van der Waals surface area contributed by atoms with E-state index in [4.69, 9.17) is 11.6 Å². The zero-order chi connectivity index (χ0) is 17.3. The monoisotopic (exact) mass is 371 g/mol.